The molecule has 2 atom stereocenters. The van der Waals surface area contributed by atoms with E-state index in [0.29, 0.717) is 18.4 Å². The van der Waals surface area contributed by atoms with Gasteiger partial charge in [0.25, 0.3) is 0 Å². The predicted octanol–water partition coefficient (Wildman–Crippen LogP) is 3.30. The van der Waals surface area contributed by atoms with Crippen LogP contribution in [0.1, 0.15) is 32.6 Å². The Hall–Kier alpha value is -0.320. The molecule has 0 heterocycles. The molecule has 0 aromatic heterocycles. The van der Waals surface area contributed by atoms with Gasteiger partial charge in [0.15, 0.2) is 0 Å². The first kappa shape index (κ1) is 13.7. The average Bonchev–Trinajstić information content (AvgIpc) is 2.17. The highest BCUT2D eigenvalue weighted by Crippen LogP contribution is 2.28. The van der Waals surface area contributed by atoms with E-state index in [9.17, 15) is 17.6 Å². The lowest BCUT2D eigenvalue weighted by Gasteiger charge is -2.27. The van der Waals surface area contributed by atoms with Crippen LogP contribution in [0, 0.1) is 11.8 Å². The molecule has 5 heteroatoms. The van der Waals surface area contributed by atoms with Crippen molar-refractivity contribution in [2.24, 2.45) is 11.8 Å². The predicted molar refractivity (Wildman–Crippen MR) is 54.9 cm³/mol. The van der Waals surface area contributed by atoms with Crippen LogP contribution in [-0.4, -0.2) is 25.4 Å². The Morgan fingerprint density at radius 1 is 1.31 bits per heavy atom. The average molecular weight is 241 g/mol. The molecule has 1 fully saturated rings. The fraction of sp³-hybridized carbons (Fsp3) is 1.00. The first-order chi connectivity index (χ1) is 7.42. The summed E-state index contributed by atoms with van der Waals surface area (Å²) in [6, 6.07) is 0. The van der Waals surface area contributed by atoms with E-state index in [1.54, 1.807) is 0 Å². The molecule has 0 spiro atoms. The lowest BCUT2D eigenvalue weighted by Crippen LogP contribution is -2.41. The first-order valence-electron chi connectivity index (χ1n) is 5.78. The molecule has 0 amide bonds. The Morgan fingerprint density at radius 2 is 2.00 bits per heavy atom. The maximum absolute atomic E-state index is 12.6. The maximum Gasteiger partial charge on any atom is 0.319 e. The van der Waals surface area contributed by atoms with E-state index < -0.39 is 18.9 Å². The normalized spacial score (nSPS) is 27.4. The monoisotopic (exact) mass is 241 g/mol. The third kappa shape index (κ3) is 4.28. The van der Waals surface area contributed by atoms with Crippen molar-refractivity contribution in [3.8, 4) is 0 Å². The van der Waals surface area contributed by atoms with Gasteiger partial charge in [-0.2, -0.15) is 8.78 Å². The molecule has 0 radical (unpaired) electrons. The zero-order valence-corrected chi connectivity index (χ0v) is 9.49. The number of hydrogen-bond acceptors (Lipinski definition) is 1. The highest BCUT2D eigenvalue weighted by Gasteiger charge is 2.40. The lowest BCUT2D eigenvalue weighted by molar-refractivity contribution is -0.125. The Bertz CT molecular complexity index is 208. The molecule has 0 aromatic rings. The van der Waals surface area contributed by atoms with E-state index in [4.69, 9.17) is 0 Å². The smallest absolute Gasteiger partial charge is 0.311 e. The molecule has 96 valence electrons. The van der Waals surface area contributed by atoms with Crippen LogP contribution < -0.4 is 5.32 Å². The van der Waals surface area contributed by atoms with Crippen LogP contribution in [-0.2, 0) is 0 Å². The highest BCUT2D eigenvalue weighted by atomic mass is 19.3. The first-order valence-corrected chi connectivity index (χ1v) is 5.78. The van der Waals surface area contributed by atoms with Crippen LogP contribution in [0.3, 0.4) is 0 Å². The van der Waals surface area contributed by atoms with Crippen molar-refractivity contribution >= 4 is 0 Å². The molecule has 16 heavy (non-hydrogen) atoms. The summed E-state index contributed by atoms with van der Waals surface area (Å²) in [5.41, 5.74) is 0. The van der Waals surface area contributed by atoms with Gasteiger partial charge in [-0.15, -0.1) is 0 Å². The molecule has 0 aromatic carbocycles. The van der Waals surface area contributed by atoms with E-state index in [1.165, 1.54) is 6.42 Å². The molecule has 1 nitrogen and oxygen atoms in total. The molecule has 0 aliphatic heterocycles. The van der Waals surface area contributed by atoms with Gasteiger partial charge >= 0.3 is 12.3 Å². The van der Waals surface area contributed by atoms with Crippen molar-refractivity contribution < 1.29 is 17.6 Å². The van der Waals surface area contributed by atoms with Crippen LogP contribution in [0.15, 0.2) is 0 Å². The van der Waals surface area contributed by atoms with E-state index in [-0.39, 0.29) is 0 Å². The summed E-state index contributed by atoms with van der Waals surface area (Å²) >= 11 is 0. The van der Waals surface area contributed by atoms with Crippen molar-refractivity contribution in [2.75, 3.05) is 13.1 Å². The van der Waals surface area contributed by atoms with Crippen molar-refractivity contribution in [2.45, 2.75) is 45.0 Å². The molecule has 1 aliphatic carbocycles. The summed E-state index contributed by atoms with van der Waals surface area (Å²) in [6.07, 6.45) is 0.734. The SMILES string of the molecule is CC1CCCC(CNCC(F)(F)C(F)F)C1. The van der Waals surface area contributed by atoms with Crippen molar-refractivity contribution in [1.29, 1.82) is 0 Å². The fourth-order valence-electron chi connectivity index (χ4n) is 2.27. The molecule has 0 saturated heterocycles. The lowest BCUT2D eigenvalue weighted by atomic mass is 9.82. The van der Waals surface area contributed by atoms with Gasteiger partial charge in [0.05, 0.1) is 6.54 Å². The minimum atomic E-state index is -3.90. The standard InChI is InChI=1S/C11H19F4N/c1-8-3-2-4-9(5-8)6-16-7-11(14,15)10(12)13/h8-10,16H,2-7H2,1H3. The van der Waals surface area contributed by atoms with Gasteiger partial charge in [-0.1, -0.05) is 19.8 Å². The molecule has 2 unspecified atom stereocenters. The van der Waals surface area contributed by atoms with Gasteiger partial charge < -0.3 is 5.32 Å². The zero-order valence-electron chi connectivity index (χ0n) is 9.49. The second-order valence-electron chi connectivity index (χ2n) is 4.83. The van der Waals surface area contributed by atoms with E-state index in [1.807, 2.05) is 0 Å². The van der Waals surface area contributed by atoms with Crippen LogP contribution in [0.2, 0.25) is 0 Å². The molecule has 1 aliphatic rings. The summed E-state index contributed by atoms with van der Waals surface area (Å²) in [5.74, 6) is -2.92. The molecule has 1 saturated carbocycles. The Kier molecular flexibility index (Phi) is 5.02. The van der Waals surface area contributed by atoms with Crippen molar-refractivity contribution in [3.63, 3.8) is 0 Å². The summed E-state index contributed by atoms with van der Waals surface area (Å²) < 4.78 is 48.8. The maximum atomic E-state index is 12.6. The highest BCUT2D eigenvalue weighted by molar-refractivity contribution is 4.76. The Morgan fingerprint density at radius 3 is 2.56 bits per heavy atom. The topological polar surface area (TPSA) is 12.0 Å². The fourth-order valence-corrected chi connectivity index (χ4v) is 2.27. The minimum Gasteiger partial charge on any atom is -0.311 e. The molecule has 1 N–H and O–H groups in total. The van der Waals surface area contributed by atoms with Crippen molar-refractivity contribution in [3.05, 3.63) is 0 Å². The summed E-state index contributed by atoms with van der Waals surface area (Å²) in [4.78, 5) is 0. The van der Waals surface area contributed by atoms with Crippen LogP contribution >= 0.6 is 0 Å². The summed E-state index contributed by atoms with van der Waals surface area (Å²) in [6.45, 7) is 1.64. The number of alkyl halides is 4. The van der Waals surface area contributed by atoms with Crippen LogP contribution in [0.4, 0.5) is 17.6 Å². The summed E-state index contributed by atoms with van der Waals surface area (Å²) in [5, 5.41) is 2.47. The zero-order chi connectivity index (χ0) is 12.2. The number of nitrogens with one attached hydrogen (secondary N) is 1. The molecular formula is C11H19F4N. The summed E-state index contributed by atoms with van der Waals surface area (Å²) in [7, 11) is 0. The Balaban J connectivity index is 2.20. The van der Waals surface area contributed by atoms with E-state index >= 15 is 0 Å². The number of halogens is 4. The third-order valence-corrected chi connectivity index (χ3v) is 3.16. The quantitative estimate of drug-likeness (QED) is 0.728. The van der Waals surface area contributed by atoms with E-state index in [2.05, 4.69) is 12.2 Å². The van der Waals surface area contributed by atoms with E-state index in [0.717, 1.165) is 19.3 Å². The van der Waals surface area contributed by atoms with Crippen LogP contribution in [0.5, 0.6) is 0 Å². The van der Waals surface area contributed by atoms with Crippen LogP contribution in [0.25, 0.3) is 0 Å². The van der Waals surface area contributed by atoms with Gasteiger partial charge in [0.2, 0.25) is 0 Å². The second-order valence-corrected chi connectivity index (χ2v) is 4.83. The van der Waals surface area contributed by atoms with Crippen molar-refractivity contribution in [1.82, 2.24) is 5.32 Å². The molecule has 1 rings (SSSR count). The minimum absolute atomic E-state index is 0.359. The van der Waals surface area contributed by atoms with Gasteiger partial charge in [-0.3, -0.25) is 0 Å². The second kappa shape index (κ2) is 5.84. The largest absolute Gasteiger partial charge is 0.319 e. The Labute approximate surface area is 93.6 Å². The molecular weight excluding hydrogens is 222 g/mol. The molecule has 0 bridgehead atoms. The number of rotatable bonds is 5. The van der Waals surface area contributed by atoms with Gasteiger partial charge in [-0.05, 0) is 31.2 Å². The van der Waals surface area contributed by atoms with Gasteiger partial charge in [0.1, 0.15) is 0 Å². The van der Waals surface area contributed by atoms with Gasteiger partial charge in [0, 0.05) is 0 Å². The van der Waals surface area contributed by atoms with Gasteiger partial charge in [-0.25, -0.2) is 8.78 Å². The third-order valence-electron chi connectivity index (χ3n) is 3.16. The number of hydrogen-bond donors (Lipinski definition) is 1.